The maximum Gasteiger partial charge on any atom is 0.354 e. The second-order valence-electron chi connectivity index (χ2n) is 2.51. The van der Waals surface area contributed by atoms with Crippen LogP contribution in [0, 0.1) is 10.1 Å². The van der Waals surface area contributed by atoms with Gasteiger partial charge in [-0.25, -0.2) is 0 Å². The molecule has 0 aliphatic heterocycles. The predicted octanol–water partition coefficient (Wildman–Crippen LogP) is 3.14. The lowest BCUT2D eigenvalue weighted by Gasteiger charge is -2.09. The Morgan fingerprint density at radius 3 is 1.87 bits per heavy atom. The van der Waals surface area contributed by atoms with Crippen LogP contribution in [0.25, 0.3) is 0 Å². The van der Waals surface area contributed by atoms with Crippen molar-refractivity contribution in [1.29, 1.82) is 0 Å². The van der Waals surface area contributed by atoms with Gasteiger partial charge in [0.25, 0.3) is 0 Å². The lowest BCUT2D eigenvalue weighted by atomic mass is 10.2. The molecule has 0 heterocycles. The van der Waals surface area contributed by atoms with Crippen LogP contribution in [0.5, 0.6) is 11.5 Å². The van der Waals surface area contributed by atoms with Gasteiger partial charge in [-0.1, -0.05) is 0 Å². The molecule has 82 valence electrons. The van der Waals surface area contributed by atoms with Crippen molar-refractivity contribution in [3.05, 3.63) is 25.1 Å². The van der Waals surface area contributed by atoms with Gasteiger partial charge in [0.05, 0.1) is 28.1 Å². The van der Waals surface area contributed by atoms with E-state index in [1.54, 1.807) is 6.07 Å². The Balaban J connectivity index is 3.58. The summed E-state index contributed by atoms with van der Waals surface area (Å²) in [6.07, 6.45) is 0. The van der Waals surface area contributed by atoms with Crippen LogP contribution >= 0.6 is 31.9 Å². The predicted molar refractivity (Wildman–Crippen MR) is 61.6 cm³/mol. The average molecular weight is 341 g/mol. The van der Waals surface area contributed by atoms with Crippen LogP contribution in [0.15, 0.2) is 15.0 Å². The number of hydrogen-bond acceptors (Lipinski definition) is 4. The minimum atomic E-state index is -0.548. The van der Waals surface area contributed by atoms with E-state index in [4.69, 9.17) is 9.47 Å². The van der Waals surface area contributed by atoms with Gasteiger partial charge in [0.15, 0.2) is 0 Å². The first-order valence-electron chi connectivity index (χ1n) is 3.77. The van der Waals surface area contributed by atoms with Crippen molar-refractivity contribution in [2.45, 2.75) is 0 Å². The zero-order valence-corrected chi connectivity index (χ0v) is 11.1. The van der Waals surface area contributed by atoms with Gasteiger partial charge < -0.3 is 9.47 Å². The molecule has 0 bridgehead atoms. The first kappa shape index (κ1) is 12.3. The Labute approximate surface area is 103 Å². The van der Waals surface area contributed by atoms with Gasteiger partial charge in [-0.15, -0.1) is 0 Å². The fraction of sp³-hybridized carbons (Fsp3) is 0.250. The number of hydrogen-bond donors (Lipinski definition) is 0. The van der Waals surface area contributed by atoms with Crippen LogP contribution in [0.2, 0.25) is 0 Å². The third-order valence-electron chi connectivity index (χ3n) is 1.71. The fourth-order valence-corrected chi connectivity index (χ4v) is 2.59. The minimum Gasteiger partial charge on any atom is -0.489 e. The molecular formula is C8H7Br2NO4. The van der Waals surface area contributed by atoms with Gasteiger partial charge >= 0.3 is 5.69 Å². The Bertz CT molecular complexity index is 380. The lowest BCUT2D eigenvalue weighted by Crippen LogP contribution is -1.99. The number of methoxy groups -OCH3 is 2. The first-order valence-corrected chi connectivity index (χ1v) is 5.35. The van der Waals surface area contributed by atoms with E-state index in [2.05, 4.69) is 31.9 Å². The molecule has 0 radical (unpaired) electrons. The first-order chi connectivity index (χ1) is 7.02. The number of nitro benzene ring substituents is 1. The van der Waals surface area contributed by atoms with Crippen molar-refractivity contribution in [2.75, 3.05) is 14.2 Å². The molecule has 0 spiro atoms. The van der Waals surface area contributed by atoms with Gasteiger partial charge in [-0.3, -0.25) is 10.1 Å². The largest absolute Gasteiger partial charge is 0.489 e. The molecule has 0 N–H and O–H groups in total. The summed E-state index contributed by atoms with van der Waals surface area (Å²) in [5.41, 5.74) is -0.207. The summed E-state index contributed by atoms with van der Waals surface area (Å²) in [4.78, 5) is 10.3. The number of nitrogens with zero attached hydrogens (tertiary/aromatic N) is 1. The van der Waals surface area contributed by atoms with Gasteiger partial charge in [0.1, 0.15) is 0 Å². The number of ether oxygens (including phenoxy) is 2. The zero-order chi connectivity index (χ0) is 11.6. The van der Waals surface area contributed by atoms with Crippen LogP contribution in [-0.2, 0) is 0 Å². The van der Waals surface area contributed by atoms with E-state index >= 15 is 0 Å². The molecule has 0 saturated heterocycles. The summed E-state index contributed by atoms with van der Waals surface area (Å²) in [7, 11) is 2.72. The number of nitro groups is 1. The summed E-state index contributed by atoms with van der Waals surface area (Å²) in [5, 5.41) is 10.9. The van der Waals surface area contributed by atoms with E-state index in [0.29, 0.717) is 8.95 Å². The van der Waals surface area contributed by atoms with E-state index in [1.165, 1.54) is 14.2 Å². The molecule has 0 aliphatic carbocycles. The van der Waals surface area contributed by atoms with Crippen LogP contribution in [0.3, 0.4) is 0 Å². The summed E-state index contributed by atoms with van der Waals surface area (Å²) < 4.78 is 10.9. The molecule has 1 aromatic carbocycles. The second-order valence-corrected chi connectivity index (χ2v) is 4.22. The van der Waals surface area contributed by atoms with Gasteiger partial charge in [0, 0.05) is 0 Å². The van der Waals surface area contributed by atoms with Crippen molar-refractivity contribution in [1.82, 2.24) is 0 Å². The number of rotatable bonds is 3. The standard InChI is InChI=1S/C8H7Br2NO4/c1-14-7-4(9)3-5(10)8(15-2)6(7)11(12)13/h3H,1-2H3. The maximum absolute atomic E-state index is 10.9. The average Bonchev–Trinajstić information content (AvgIpc) is 2.16. The topological polar surface area (TPSA) is 61.6 Å². The molecule has 1 rings (SSSR count). The van der Waals surface area contributed by atoms with Crippen molar-refractivity contribution in [3.63, 3.8) is 0 Å². The van der Waals surface area contributed by atoms with Crippen molar-refractivity contribution in [3.8, 4) is 11.5 Å². The molecule has 1 aromatic rings. The molecule has 0 aromatic heterocycles. The number of halogens is 2. The highest BCUT2D eigenvalue weighted by Gasteiger charge is 2.27. The van der Waals surface area contributed by atoms with E-state index in [-0.39, 0.29) is 17.2 Å². The minimum absolute atomic E-state index is 0.139. The highest BCUT2D eigenvalue weighted by atomic mass is 79.9. The summed E-state index contributed by atoms with van der Waals surface area (Å²) in [6.45, 7) is 0. The summed E-state index contributed by atoms with van der Waals surface area (Å²) in [6, 6.07) is 1.63. The molecular weight excluding hydrogens is 334 g/mol. The normalized spacial score (nSPS) is 9.87. The van der Waals surface area contributed by atoms with Crippen molar-refractivity contribution < 1.29 is 14.4 Å². The molecule has 0 saturated carbocycles. The van der Waals surface area contributed by atoms with Crippen LogP contribution in [0.1, 0.15) is 0 Å². The number of benzene rings is 1. The van der Waals surface area contributed by atoms with E-state index in [0.717, 1.165) is 0 Å². The molecule has 7 heteroatoms. The Kier molecular flexibility index (Phi) is 3.92. The molecule has 0 aliphatic rings. The van der Waals surface area contributed by atoms with Gasteiger partial charge in [-0.05, 0) is 37.9 Å². The molecule has 0 fully saturated rings. The molecule has 0 unspecified atom stereocenters. The highest BCUT2D eigenvalue weighted by molar-refractivity contribution is 9.11. The van der Waals surface area contributed by atoms with E-state index in [9.17, 15) is 10.1 Å². The molecule has 15 heavy (non-hydrogen) atoms. The van der Waals surface area contributed by atoms with Gasteiger partial charge in [0.2, 0.25) is 11.5 Å². The van der Waals surface area contributed by atoms with Crippen molar-refractivity contribution >= 4 is 37.5 Å². The molecule has 0 atom stereocenters. The Morgan fingerprint density at radius 2 is 1.60 bits per heavy atom. The van der Waals surface area contributed by atoms with E-state index in [1.807, 2.05) is 0 Å². The molecule has 5 nitrogen and oxygen atoms in total. The summed E-state index contributed by atoms with van der Waals surface area (Å²) >= 11 is 6.35. The third kappa shape index (κ3) is 2.23. The zero-order valence-electron chi connectivity index (χ0n) is 7.91. The third-order valence-corrected chi connectivity index (χ3v) is 2.89. The molecule has 0 amide bonds. The van der Waals surface area contributed by atoms with Crippen LogP contribution < -0.4 is 9.47 Å². The van der Waals surface area contributed by atoms with Crippen LogP contribution in [-0.4, -0.2) is 19.1 Å². The highest BCUT2D eigenvalue weighted by Crippen LogP contribution is 2.46. The van der Waals surface area contributed by atoms with Gasteiger partial charge in [-0.2, -0.15) is 0 Å². The Morgan fingerprint density at radius 1 is 1.20 bits per heavy atom. The van der Waals surface area contributed by atoms with E-state index < -0.39 is 4.92 Å². The maximum atomic E-state index is 10.9. The van der Waals surface area contributed by atoms with Crippen molar-refractivity contribution in [2.24, 2.45) is 0 Å². The summed E-state index contributed by atoms with van der Waals surface area (Å²) in [5.74, 6) is 0.278. The smallest absolute Gasteiger partial charge is 0.354 e. The quantitative estimate of drug-likeness (QED) is 0.626. The second kappa shape index (κ2) is 4.80. The SMILES string of the molecule is COc1c(Br)cc(Br)c(OC)c1[N+](=O)[O-]. The monoisotopic (exact) mass is 339 g/mol. The Hall–Kier alpha value is -0.820. The van der Waals surface area contributed by atoms with Crippen LogP contribution in [0.4, 0.5) is 5.69 Å². The fourth-order valence-electron chi connectivity index (χ4n) is 1.13. The lowest BCUT2D eigenvalue weighted by molar-refractivity contribution is -0.386.